The number of hydrogen-bond donors (Lipinski definition) is 1. The number of para-hydroxylation sites is 1. The van der Waals surface area contributed by atoms with Crippen LogP contribution in [0.1, 0.15) is 40.5 Å². The van der Waals surface area contributed by atoms with E-state index < -0.39 is 0 Å². The minimum atomic E-state index is -0.0112. The molecule has 2 aromatic rings. The predicted molar refractivity (Wildman–Crippen MR) is 92.0 cm³/mol. The Morgan fingerprint density at radius 2 is 2.21 bits per heavy atom. The Balaban J connectivity index is 1.84. The lowest BCUT2D eigenvalue weighted by Gasteiger charge is -2.25. The van der Waals surface area contributed by atoms with E-state index in [0.29, 0.717) is 5.56 Å². The van der Waals surface area contributed by atoms with E-state index in [2.05, 4.69) is 21.2 Å². The zero-order chi connectivity index (χ0) is 17.1. The monoisotopic (exact) mass is 328 g/mol. The van der Waals surface area contributed by atoms with Gasteiger partial charge in [-0.25, -0.2) is 0 Å². The van der Waals surface area contributed by atoms with E-state index in [0.717, 1.165) is 42.9 Å². The molecule has 0 aliphatic carbocycles. The summed E-state index contributed by atoms with van der Waals surface area (Å²) in [6.45, 7) is 1.79. The summed E-state index contributed by atoms with van der Waals surface area (Å²) in [4.78, 5) is 16.4. The summed E-state index contributed by atoms with van der Waals surface area (Å²) < 4.78 is 5.47. The van der Waals surface area contributed by atoms with Gasteiger partial charge in [-0.3, -0.25) is 14.8 Å². The molecule has 0 bridgehead atoms. The van der Waals surface area contributed by atoms with Crippen LogP contribution in [-0.4, -0.2) is 53.7 Å². The summed E-state index contributed by atoms with van der Waals surface area (Å²) in [7, 11) is 5.23. The average Bonchev–Trinajstić information content (AvgIpc) is 3.23. The molecular weight excluding hydrogens is 304 g/mol. The van der Waals surface area contributed by atoms with Gasteiger partial charge in [0.1, 0.15) is 5.75 Å². The quantitative estimate of drug-likeness (QED) is 0.916. The first-order chi connectivity index (χ1) is 11.6. The Bertz CT molecular complexity index is 711. The molecule has 1 saturated heterocycles. The SMILES string of the molecule is COc1ccccc1CN1CCC[C@H]1c1[nH]ncc1C(=O)N(C)C. The van der Waals surface area contributed by atoms with Crippen LogP contribution < -0.4 is 4.74 Å². The molecule has 0 radical (unpaired) electrons. The lowest BCUT2D eigenvalue weighted by Crippen LogP contribution is -2.27. The molecule has 1 aromatic carbocycles. The van der Waals surface area contributed by atoms with Crippen LogP contribution in [0.5, 0.6) is 5.75 Å². The maximum atomic E-state index is 12.4. The van der Waals surface area contributed by atoms with Crippen LogP contribution in [0.3, 0.4) is 0 Å². The number of rotatable bonds is 5. The van der Waals surface area contributed by atoms with E-state index >= 15 is 0 Å². The highest BCUT2D eigenvalue weighted by Crippen LogP contribution is 2.35. The van der Waals surface area contributed by atoms with Crippen LogP contribution in [0, 0.1) is 0 Å². The molecule has 6 nitrogen and oxygen atoms in total. The van der Waals surface area contributed by atoms with Crippen LogP contribution in [0.2, 0.25) is 0 Å². The molecule has 2 heterocycles. The van der Waals surface area contributed by atoms with Gasteiger partial charge in [0.25, 0.3) is 5.91 Å². The fourth-order valence-electron chi connectivity index (χ4n) is 3.36. The fraction of sp³-hybridized carbons (Fsp3) is 0.444. The van der Waals surface area contributed by atoms with E-state index in [1.54, 1.807) is 32.3 Å². The number of carbonyl (C=O) groups is 1. The van der Waals surface area contributed by atoms with Gasteiger partial charge in [-0.05, 0) is 25.5 Å². The molecule has 1 atom stereocenters. The molecule has 3 rings (SSSR count). The average molecular weight is 328 g/mol. The van der Waals surface area contributed by atoms with Crippen molar-refractivity contribution in [2.24, 2.45) is 0 Å². The van der Waals surface area contributed by atoms with Crippen molar-refractivity contribution in [2.75, 3.05) is 27.7 Å². The van der Waals surface area contributed by atoms with E-state index in [9.17, 15) is 4.79 Å². The number of methoxy groups -OCH3 is 1. The molecule has 1 aliphatic rings. The van der Waals surface area contributed by atoms with Crippen molar-refractivity contribution in [3.63, 3.8) is 0 Å². The molecular formula is C18H24N4O2. The zero-order valence-corrected chi connectivity index (χ0v) is 14.5. The second-order valence-corrected chi connectivity index (χ2v) is 6.34. The van der Waals surface area contributed by atoms with Gasteiger partial charge in [0, 0.05) is 26.2 Å². The Hall–Kier alpha value is -2.34. The molecule has 0 unspecified atom stereocenters. The predicted octanol–water partition coefficient (Wildman–Crippen LogP) is 2.46. The molecule has 1 fully saturated rings. The number of benzene rings is 1. The summed E-state index contributed by atoms with van der Waals surface area (Å²) in [6, 6.07) is 8.26. The minimum absolute atomic E-state index is 0.0112. The van der Waals surface area contributed by atoms with Crippen molar-refractivity contribution in [1.82, 2.24) is 20.0 Å². The summed E-state index contributed by atoms with van der Waals surface area (Å²) in [5.74, 6) is 0.889. The zero-order valence-electron chi connectivity index (χ0n) is 14.5. The Morgan fingerprint density at radius 1 is 1.42 bits per heavy atom. The normalized spacial score (nSPS) is 17.9. The number of aromatic nitrogens is 2. The number of aromatic amines is 1. The Labute approximate surface area is 142 Å². The van der Waals surface area contributed by atoms with Gasteiger partial charge in [0.15, 0.2) is 0 Å². The molecule has 1 aromatic heterocycles. The summed E-state index contributed by atoms with van der Waals surface area (Å²) in [5, 5.41) is 7.18. The highest BCUT2D eigenvalue weighted by Gasteiger charge is 2.31. The van der Waals surface area contributed by atoms with Gasteiger partial charge in [0.05, 0.1) is 30.6 Å². The van der Waals surface area contributed by atoms with Crippen molar-refractivity contribution in [3.05, 3.63) is 47.3 Å². The van der Waals surface area contributed by atoms with Gasteiger partial charge in [-0.15, -0.1) is 0 Å². The second kappa shape index (κ2) is 7.05. The Kier molecular flexibility index (Phi) is 4.85. The lowest BCUT2D eigenvalue weighted by atomic mass is 10.1. The van der Waals surface area contributed by atoms with Crippen molar-refractivity contribution in [3.8, 4) is 5.75 Å². The lowest BCUT2D eigenvalue weighted by molar-refractivity contribution is 0.0824. The maximum Gasteiger partial charge on any atom is 0.256 e. The standard InChI is InChI=1S/C18H24N4O2/c1-21(2)18(23)14-11-19-20-17(14)15-8-6-10-22(15)12-13-7-4-5-9-16(13)24-3/h4-5,7,9,11,15H,6,8,10,12H2,1-3H3,(H,19,20)/t15-/m0/s1. The number of hydrogen-bond acceptors (Lipinski definition) is 4. The van der Waals surface area contributed by atoms with E-state index in [4.69, 9.17) is 4.74 Å². The first kappa shape index (κ1) is 16.5. The van der Waals surface area contributed by atoms with Crippen LogP contribution >= 0.6 is 0 Å². The minimum Gasteiger partial charge on any atom is -0.496 e. The summed E-state index contributed by atoms with van der Waals surface area (Å²) in [5.41, 5.74) is 2.74. The molecule has 1 aliphatic heterocycles. The van der Waals surface area contributed by atoms with Gasteiger partial charge in [0.2, 0.25) is 0 Å². The first-order valence-electron chi connectivity index (χ1n) is 8.22. The van der Waals surface area contributed by atoms with Crippen molar-refractivity contribution in [2.45, 2.75) is 25.4 Å². The van der Waals surface area contributed by atoms with Crippen molar-refractivity contribution < 1.29 is 9.53 Å². The molecule has 1 N–H and O–H groups in total. The maximum absolute atomic E-state index is 12.4. The van der Waals surface area contributed by atoms with Crippen LogP contribution in [-0.2, 0) is 6.54 Å². The Morgan fingerprint density at radius 3 is 2.96 bits per heavy atom. The topological polar surface area (TPSA) is 61.5 Å². The van der Waals surface area contributed by atoms with Gasteiger partial charge < -0.3 is 9.64 Å². The molecule has 1 amide bonds. The highest BCUT2D eigenvalue weighted by molar-refractivity contribution is 5.94. The molecule has 0 spiro atoms. The largest absolute Gasteiger partial charge is 0.496 e. The van der Waals surface area contributed by atoms with Crippen molar-refractivity contribution >= 4 is 5.91 Å². The fourth-order valence-corrected chi connectivity index (χ4v) is 3.36. The smallest absolute Gasteiger partial charge is 0.256 e. The molecule has 0 saturated carbocycles. The van der Waals surface area contributed by atoms with Gasteiger partial charge in [-0.1, -0.05) is 18.2 Å². The number of carbonyl (C=O) groups excluding carboxylic acids is 1. The highest BCUT2D eigenvalue weighted by atomic mass is 16.5. The number of nitrogens with zero attached hydrogens (tertiary/aromatic N) is 3. The number of ether oxygens (including phenoxy) is 1. The van der Waals surface area contributed by atoms with Gasteiger partial charge >= 0.3 is 0 Å². The first-order valence-corrected chi connectivity index (χ1v) is 8.22. The van der Waals surface area contributed by atoms with Crippen LogP contribution in [0.4, 0.5) is 0 Å². The third-order valence-electron chi connectivity index (χ3n) is 4.57. The molecule has 24 heavy (non-hydrogen) atoms. The number of H-pyrrole nitrogens is 1. The van der Waals surface area contributed by atoms with Crippen LogP contribution in [0.15, 0.2) is 30.5 Å². The molecule has 128 valence electrons. The second-order valence-electron chi connectivity index (χ2n) is 6.34. The van der Waals surface area contributed by atoms with Gasteiger partial charge in [-0.2, -0.15) is 5.10 Å². The summed E-state index contributed by atoms with van der Waals surface area (Å²) >= 11 is 0. The number of nitrogens with one attached hydrogen (secondary N) is 1. The third-order valence-corrected chi connectivity index (χ3v) is 4.57. The number of amides is 1. The van der Waals surface area contributed by atoms with E-state index in [-0.39, 0.29) is 11.9 Å². The van der Waals surface area contributed by atoms with Crippen molar-refractivity contribution in [1.29, 1.82) is 0 Å². The van der Waals surface area contributed by atoms with Crippen LogP contribution in [0.25, 0.3) is 0 Å². The third kappa shape index (κ3) is 3.14. The van der Waals surface area contributed by atoms with E-state index in [1.807, 2.05) is 18.2 Å². The summed E-state index contributed by atoms with van der Waals surface area (Å²) in [6.07, 6.45) is 3.76. The molecule has 6 heteroatoms. The van der Waals surface area contributed by atoms with E-state index in [1.165, 1.54) is 0 Å². The number of likely N-dealkylation sites (tertiary alicyclic amines) is 1.